The number of rotatable bonds is 4. The molecule has 0 aliphatic carbocycles. The molecule has 0 amide bonds. The third-order valence-corrected chi connectivity index (χ3v) is 6.12. The van der Waals surface area contributed by atoms with Crippen LogP contribution in [0.3, 0.4) is 0 Å². The first-order chi connectivity index (χ1) is 12.0. The molecule has 132 valence electrons. The van der Waals surface area contributed by atoms with Crippen molar-refractivity contribution in [1.82, 2.24) is 10.0 Å². The van der Waals surface area contributed by atoms with Gasteiger partial charge in [0.25, 0.3) is 0 Å². The summed E-state index contributed by atoms with van der Waals surface area (Å²) < 4.78 is 38.7. The van der Waals surface area contributed by atoms with Crippen molar-refractivity contribution >= 4 is 21.6 Å². The molecule has 0 saturated heterocycles. The van der Waals surface area contributed by atoms with E-state index in [1.165, 1.54) is 23.3 Å². The molecule has 4 rings (SSSR count). The maximum Gasteiger partial charge on any atom is 0.242 e. The molecule has 2 heterocycles. The zero-order valence-corrected chi connectivity index (χ0v) is 14.9. The van der Waals surface area contributed by atoms with Crippen LogP contribution in [-0.2, 0) is 29.7 Å². The van der Waals surface area contributed by atoms with Gasteiger partial charge in [-0.2, -0.15) is 0 Å². The normalized spacial score (nSPS) is 15.9. The lowest BCUT2D eigenvalue weighted by atomic mass is 10.1. The van der Waals surface area contributed by atoms with E-state index >= 15 is 0 Å². The molecule has 0 unspecified atom stereocenters. The molecule has 6 nitrogen and oxygen atoms in total. The molecule has 2 N–H and O–H groups in total. The van der Waals surface area contributed by atoms with Crippen molar-refractivity contribution in [3.05, 3.63) is 52.0 Å². The van der Waals surface area contributed by atoms with Crippen LogP contribution in [0.25, 0.3) is 0 Å². The van der Waals surface area contributed by atoms with Crippen molar-refractivity contribution in [3.8, 4) is 11.5 Å². The highest BCUT2D eigenvalue weighted by Gasteiger charge is 2.23. The second kappa shape index (κ2) is 6.49. The Morgan fingerprint density at radius 1 is 1.04 bits per heavy atom. The first-order valence-corrected chi connectivity index (χ1v) is 9.79. The van der Waals surface area contributed by atoms with Gasteiger partial charge in [-0.1, -0.05) is 29.8 Å². The summed E-state index contributed by atoms with van der Waals surface area (Å²) in [5, 5.41) is 3.37. The second-order valence-corrected chi connectivity index (χ2v) is 8.10. The summed E-state index contributed by atoms with van der Waals surface area (Å²) in [5.41, 5.74) is 3.36. The quantitative estimate of drug-likeness (QED) is 0.850. The van der Waals surface area contributed by atoms with Gasteiger partial charge in [0.15, 0.2) is 11.5 Å². The first kappa shape index (κ1) is 16.7. The minimum Gasteiger partial charge on any atom is -0.486 e. The Kier molecular flexibility index (Phi) is 4.33. The number of halogens is 1. The molecule has 0 fully saturated rings. The molecule has 0 aromatic heterocycles. The van der Waals surface area contributed by atoms with Gasteiger partial charge in [0.05, 0.1) is 5.02 Å². The van der Waals surface area contributed by atoms with Crippen molar-refractivity contribution in [3.63, 3.8) is 0 Å². The number of fused-ring (bicyclic) bond motifs is 2. The molecule has 2 aliphatic rings. The zero-order valence-electron chi connectivity index (χ0n) is 13.3. The molecule has 0 radical (unpaired) electrons. The van der Waals surface area contributed by atoms with Crippen molar-refractivity contribution in [2.24, 2.45) is 0 Å². The van der Waals surface area contributed by atoms with Gasteiger partial charge in [-0.15, -0.1) is 0 Å². The predicted octanol–water partition coefficient (Wildman–Crippen LogP) is 2.19. The highest BCUT2D eigenvalue weighted by Crippen LogP contribution is 2.37. The maximum atomic E-state index is 12.6. The number of sulfonamides is 1. The Bertz CT molecular complexity index is 930. The van der Waals surface area contributed by atoms with E-state index in [9.17, 15) is 8.42 Å². The summed E-state index contributed by atoms with van der Waals surface area (Å²) >= 11 is 6.14. The van der Waals surface area contributed by atoms with E-state index in [0.29, 0.717) is 24.7 Å². The van der Waals surface area contributed by atoms with Crippen LogP contribution in [-0.4, -0.2) is 21.6 Å². The fourth-order valence-corrected chi connectivity index (χ4v) is 4.51. The Balaban J connectivity index is 1.55. The summed E-state index contributed by atoms with van der Waals surface area (Å²) in [6.45, 7) is 2.66. The molecular formula is C17H17ClN2O4S. The van der Waals surface area contributed by atoms with Crippen LogP contribution in [0.15, 0.2) is 35.2 Å². The summed E-state index contributed by atoms with van der Waals surface area (Å²) in [7, 11) is -3.77. The van der Waals surface area contributed by atoms with E-state index in [2.05, 4.69) is 10.0 Å². The van der Waals surface area contributed by atoms with Crippen LogP contribution in [0.5, 0.6) is 11.5 Å². The molecule has 8 heteroatoms. The Labute approximate surface area is 151 Å². The van der Waals surface area contributed by atoms with Crippen molar-refractivity contribution in [2.45, 2.75) is 24.5 Å². The molecular weight excluding hydrogens is 364 g/mol. The van der Waals surface area contributed by atoms with Gasteiger partial charge < -0.3 is 14.8 Å². The number of benzene rings is 2. The zero-order chi connectivity index (χ0) is 17.4. The summed E-state index contributed by atoms with van der Waals surface area (Å²) in [4.78, 5) is -0.0127. The maximum absolute atomic E-state index is 12.6. The number of hydrogen-bond donors (Lipinski definition) is 2. The molecule has 2 aromatic carbocycles. The molecule has 0 saturated carbocycles. The average Bonchev–Trinajstić information content (AvgIpc) is 3.07. The summed E-state index contributed by atoms with van der Waals surface area (Å²) in [5.74, 6) is 0.848. The minimum absolute atomic E-state index is 0.0127. The van der Waals surface area contributed by atoms with Gasteiger partial charge in [-0.25, -0.2) is 13.1 Å². The van der Waals surface area contributed by atoms with Crippen LogP contribution < -0.4 is 19.5 Å². The molecule has 25 heavy (non-hydrogen) atoms. The lowest BCUT2D eigenvalue weighted by molar-refractivity contribution is 0.171. The van der Waals surface area contributed by atoms with Crippen LogP contribution >= 0.6 is 11.6 Å². The van der Waals surface area contributed by atoms with Gasteiger partial charge in [-0.3, -0.25) is 0 Å². The standard InChI is InChI=1S/C17H17ClN2O4S/c18-14-6-15-16(24-4-3-23-15)7-17(14)25(21,22)20-8-11-1-2-12-9-19-10-13(12)5-11/h1-2,5-7,19-20H,3-4,8-10H2. The van der Waals surface area contributed by atoms with E-state index in [0.717, 1.165) is 18.7 Å². The van der Waals surface area contributed by atoms with Crippen LogP contribution in [0.4, 0.5) is 0 Å². The van der Waals surface area contributed by atoms with E-state index in [4.69, 9.17) is 21.1 Å². The van der Waals surface area contributed by atoms with Crippen molar-refractivity contribution in [2.75, 3.05) is 13.2 Å². The molecule has 0 atom stereocenters. The lowest BCUT2D eigenvalue weighted by Crippen LogP contribution is -2.24. The first-order valence-electron chi connectivity index (χ1n) is 7.93. The van der Waals surface area contributed by atoms with Crippen molar-refractivity contribution < 1.29 is 17.9 Å². The predicted molar refractivity (Wildman–Crippen MR) is 93.5 cm³/mol. The Morgan fingerprint density at radius 3 is 2.56 bits per heavy atom. The highest BCUT2D eigenvalue weighted by molar-refractivity contribution is 7.89. The Morgan fingerprint density at radius 2 is 1.76 bits per heavy atom. The minimum atomic E-state index is -3.77. The molecule has 2 aromatic rings. The average molecular weight is 381 g/mol. The smallest absolute Gasteiger partial charge is 0.242 e. The van der Waals surface area contributed by atoms with Gasteiger partial charge in [0, 0.05) is 31.8 Å². The van der Waals surface area contributed by atoms with Gasteiger partial charge in [0.2, 0.25) is 10.0 Å². The number of hydrogen-bond acceptors (Lipinski definition) is 5. The second-order valence-electron chi connectivity index (χ2n) is 5.96. The SMILES string of the molecule is O=S(=O)(NCc1ccc2c(c1)CNC2)c1cc2c(cc1Cl)OCCO2. The summed E-state index contributed by atoms with van der Waals surface area (Å²) in [6, 6.07) is 8.86. The van der Waals surface area contributed by atoms with Gasteiger partial charge in [0.1, 0.15) is 18.1 Å². The fourth-order valence-electron chi connectivity index (χ4n) is 2.97. The van der Waals surface area contributed by atoms with E-state index in [-0.39, 0.29) is 16.5 Å². The highest BCUT2D eigenvalue weighted by atomic mass is 35.5. The van der Waals surface area contributed by atoms with Crippen LogP contribution in [0, 0.1) is 0 Å². The largest absolute Gasteiger partial charge is 0.486 e. The molecule has 0 spiro atoms. The van der Waals surface area contributed by atoms with Crippen LogP contribution in [0.1, 0.15) is 16.7 Å². The third-order valence-electron chi connectivity index (χ3n) is 4.25. The fraction of sp³-hybridized carbons (Fsp3) is 0.294. The van der Waals surface area contributed by atoms with Crippen molar-refractivity contribution in [1.29, 1.82) is 0 Å². The van der Waals surface area contributed by atoms with Gasteiger partial charge >= 0.3 is 0 Å². The van der Waals surface area contributed by atoms with E-state index in [1.54, 1.807) is 0 Å². The third kappa shape index (κ3) is 3.32. The summed E-state index contributed by atoms with van der Waals surface area (Å²) in [6.07, 6.45) is 0. The molecule has 0 bridgehead atoms. The number of nitrogens with one attached hydrogen (secondary N) is 2. The van der Waals surface area contributed by atoms with Crippen LogP contribution in [0.2, 0.25) is 5.02 Å². The van der Waals surface area contributed by atoms with E-state index < -0.39 is 10.0 Å². The lowest BCUT2D eigenvalue weighted by Gasteiger charge is -2.20. The monoisotopic (exact) mass is 380 g/mol. The van der Waals surface area contributed by atoms with Gasteiger partial charge in [-0.05, 0) is 16.7 Å². The van der Waals surface area contributed by atoms with E-state index in [1.807, 2.05) is 18.2 Å². The molecule has 2 aliphatic heterocycles. The Hall–Kier alpha value is -1.80. The number of ether oxygens (including phenoxy) is 2. The topological polar surface area (TPSA) is 76.7 Å².